The Morgan fingerprint density at radius 1 is 1.24 bits per heavy atom. The van der Waals surface area contributed by atoms with Crippen LogP contribution in [0.15, 0.2) is 36.9 Å². The van der Waals surface area contributed by atoms with Gasteiger partial charge in [0.25, 0.3) is 0 Å². The van der Waals surface area contributed by atoms with Crippen LogP contribution < -0.4 is 11.1 Å². The summed E-state index contributed by atoms with van der Waals surface area (Å²) in [6, 6.07) is 5.82. The Kier molecular flexibility index (Phi) is 3.30. The molecule has 0 fully saturated rings. The van der Waals surface area contributed by atoms with E-state index in [4.69, 9.17) is 18.0 Å². The molecule has 0 bridgehead atoms. The van der Waals surface area contributed by atoms with Crippen molar-refractivity contribution in [1.29, 1.82) is 0 Å². The van der Waals surface area contributed by atoms with E-state index in [9.17, 15) is 0 Å². The molecule has 4 nitrogen and oxygen atoms in total. The van der Waals surface area contributed by atoms with Gasteiger partial charge in [-0.3, -0.25) is 0 Å². The van der Waals surface area contributed by atoms with Crippen LogP contribution in [0.2, 0.25) is 0 Å². The lowest BCUT2D eigenvalue weighted by molar-refractivity contribution is 1.17. The van der Waals surface area contributed by atoms with Gasteiger partial charge in [-0.25, -0.2) is 9.97 Å². The molecule has 86 valence electrons. The van der Waals surface area contributed by atoms with E-state index >= 15 is 0 Å². The van der Waals surface area contributed by atoms with Gasteiger partial charge in [0, 0.05) is 11.3 Å². The third-order valence-corrected chi connectivity index (χ3v) is 2.56. The van der Waals surface area contributed by atoms with Crippen LogP contribution in [0.25, 0.3) is 0 Å². The first kappa shape index (κ1) is 11.5. The zero-order valence-electron chi connectivity index (χ0n) is 9.34. The molecule has 0 aliphatic rings. The lowest BCUT2D eigenvalue weighted by atomic mass is 10.1. The molecule has 1 heterocycles. The molecular weight excluding hydrogens is 232 g/mol. The predicted molar refractivity (Wildman–Crippen MR) is 72.4 cm³/mol. The highest BCUT2D eigenvalue weighted by Gasteiger charge is 2.02. The Bertz CT molecular complexity index is 539. The van der Waals surface area contributed by atoms with Gasteiger partial charge in [0.05, 0.1) is 18.1 Å². The number of anilines is 2. The normalized spacial score (nSPS) is 9.94. The van der Waals surface area contributed by atoms with Gasteiger partial charge >= 0.3 is 0 Å². The number of aromatic nitrogens is 2. The Balaban J connectivity index is 2.24. The monoisotopic (exact) mass is 244 g/mol. The van der Waals surface area contributed by atoms with Crippen LogP contribution in [0.5, 0.6) is 0 Å². The molecule has 0 amide bonds. The highest BCUT2D eigenvalue weighted by molar-refractivity contribution is 7.80. The van der Waals surface area contributed by atoms with Crippen molar-refractivity contribution in [1.82, 2.24) is 9.97 Å². The van der Waals surface area contributed by atoms with Crippen LogP contribution in [-0.2, 0) is 0 Å². The number of nitrogens with zero attached hydrogens (tertiary/aromatic N) is 2. The molecule has 0 radical (unpaired) electrons. The number of benzene rings is 1. The number of thiocarbonyl (C=S) groups is 1. The van der Waals surface area contributed by atoms with Crippen LogP contribution in [0, 0.1) is 6.92 Å². The maximum Gasteiger partial charge on any atom is 0.115 e. The summed E-state index contributed by atoms with van der Waals surface area (Å²) in [6.45, 7) is 1.97. The highest BCUT2D eigenvalue weighted by atomic mass is 32.1. The van der Waals surface area contributed by atoms with Crippen LogP contribution in [0.4, 0.5) is 11.4 Å². The first-order valence-corrected chi connectivity index (χ1v) is 5.50. The standard InChI is InChI=1S/C12H12N4S/c1-8-4-9(2-3-11(8)12(13)17)16-10-5-14-7-15-6-10/h2-7,16H,1H3,(H2,13,17). The minimum Gasteiger partial charge on any atom is -0.389 e. The average Bonchev–Trinajstić information content (AvgIpc) is 2.30. The summed E-state index contributed by atoms with van der Waals surface area (Å²) in [5.74, 6) is 0. The van der Waals surface area contributed by atoms with Crippen LogP contribution in [0.3, 0.4) is 0 Å². The molecule has 0 aliphatic heterocycles. The molecular formula is C12H12N4S. The van der Waals surface area contributed by atoms with Crippen LogP contribution in [-0.4, -0.2) is 15.0 Å². The van der Waals surface area contributed by atoms with Crippen molar-refractivity contribution in [3.05, 3.63) is 48.0 Å². The molecule has 2 aromatic rings. The molecule has 0 saturated heterocycles. The summed E-state index contributed by atoms with van der Waals surface area (Å²) < 4.78 is 0. The molecule has 1 aromatic carbocycles. The van der Waals surface area contributed by atoms with E-state index in [0.717, 1.165) is 22.5 Å². The Hall–Kier alpha value is -2.01. The van der Waals surface area contributed by atoms with Crippen molar-refractivity contribution in [2.24, 2.45) is 5.73 Å². The number of nitrogens with two attached hydrogens (primary N) is 1. The van der Waals surface area contributed by atoms with Gasteiger partial charge in [0.1, 0.15) is 11.3 Å². The van der Waals surface area contributed by atoms with Crippen molar-refractivity contribution < 1.29 is 0 Å². The number of nitrogens with one attached hydrogen (secondary N) is 1. The highest BCUT2D eigenvalue weighted by Crippen LogP contribution is 2.18. The zero-order valence-corrected chi connectivity index (χ0v) is 10.2. The SMILES string of the molecule is Cc1cc(Nc2cncnc2)ccc1C(N)=S. The van der Waals surface area contributed by atoms with E-state index in [0.29, 0.717) is 4.99 Å². The van der Waals surface area contributed by atoms with Crippen molar-refractivity contribution in [3.63, 3.8) is 0 Å². The minimum absolute atomic E-state index is 0.414. The van der Waals surface area contributed by atoms with Crippen molar-refractivity contribution in [3.8, 4) is 0 Å². The van der Waals surface area contributed by atoms with Crippen LogP contribution in [0.1, 0.15) is 11.1 Å². The molecule has 17 heavy (non-hydrogen) atoms. The topological polar surface area (TPSA) is 63.8 Å². The fourth-order valence-corrected chi connectivity index (χ4v) is 1.78. The molecule has 0 saturated carbocycles. The van der Waals surface area contributed by atoms with E-state index in [1.165, 1.54) is 6.33 Å². The Morgan fingerprint density at radius 3 is 2.53 bits per heavy atom. The fourth-order valence-electron chi connectivity index (χ4n) is 1.55. The van der Waals surface area contributed by atoms with Crippen molar-refractivity contribution in [2.75, 3.05) is 5.32 Å². The summed E-state index contributed by atoms with van der Waals surface area (Å²) in [5.41, 5.74) is 9.35. The first-order valence-electron chi connectivity index (χ1n) is 5.09. The van der Waals surface area contributed by atoms with E-state index in [1.54, 1.807) is 12.4 Å². The largest absolute Gasteiger partial charge is 0.389 e. The summed E-state index contributed by atoms with van der Waals surface area (Å²) in [7, 11) is 0. The molecule has 1 aromatic heterocycles. The van der Waals surface area contributed by atoms with Crippen molar-refractivity contribution >= 4 is 28.6 Å². The summed E-state index contributed by atoms with van der Waals surface area (Å²) >= 11 is 4.96. The Morgan fingerprint density at radius 2 is 1.94 bits per heavy atom. The average molecular weight is 244 g/mol. The number of hydrogen-bond donors (Lipinski definition) is 2. The lowest BCUT2D eigenvalue weighted by Gasteiger charge is -2.09. The molecule has 0 atom stereocenters. The van der Waals surface area contributed by atoms with Crippen LogP contribution >= 0.6 is 12.2 Å². The summed E-state index contributed by atoms with van der Waals surface area (Å²) in [6.07, 6.45) is 4.92. The molecule has 5 heteroatoms. The van der Waals surface area contributed by atoms with Gasteiger partial charge in [0.2, 0.25) is 0 Å². The second kappa shape index (κ2) is 4.88. The van der Waals surface area contributed by atoms with E-state index in [-0.39, 0.29) is 0 Å². The minimum atomic E-state index is 0.414. The van der Waals surface area contributed by atoms with Gasteiger partial charge in [-0.1, -0.05) is 12.2 Å². The maximum absolute atomic E-state index is 5.61. The van der Waals surface area contributed by atoms with E-state index in [1.807, 2.05) is 25.1 Å². The van der Waals surface area contributed by atoms with Gasteiger partial charge in [-0.15, -0.1) is 0 Å². The van der Waals surface area contributed by atoms with Gasteiger partial charge in [0.15, 0.2) is 0 Å². The molecule has 0 unspecified atom stereocenters. The Labute approximate surface area is 105 Å². The first-order chi connectivity index (χ1) is 8.16. The molecule has 3 N–H and O–H groups in total. The molecule has 0 spiro atoms. The summed E-state index contributed by atoms with van der Waals surface area (Å²) in [4.78, 5) is 8.28. The second-order valence-electron chi connectivity index (χ2n) is 3.65. The van der Waals surface area contributed by atoms with Gasteiger partial charge < -0.3 is 11.1 Å². The second-order valence-corrected chi connectivity index (χ2v) is 4.09. The fraction of sp³-hybridized carbons (Fsp3) is 0.0833. The smallest absolute Gasteiger partial charge is 0.115 e. The zero-order chi connectivity index (χ0) is 12.3. The third-order valence-electron chi connectivity index (χ3n) is 2.34. The number of aryl methyl sites for hydroxylation is 1. The predicted octanol–water partition coefficient (Wildman–Crippen LogP) is 2.16. The lowest BCUT2D eigenvalue weighted by Crippen LogP contribution is -2.11. The molecule has 0 aliphatic carbocycles. The van der Waals surface area contributed by atoms with Crippen molar-refractivity contribution in [2.45, 2.75) is 6.92 Å². The molecule has 2 rings (SSSR count). The van der Waals surface area contributed by atoms with Gasteiger partial charge in [-0.2, -0.15) is 0 Å². The van der Waals surface area contributed by atoms with E-state index < -0.39 is 0 Å². The number of hydrogen-bond acceptors (Lipinski definition) is 4. The third kappa shape index (κ3) is 2.76. The quantitative estimate of drug-likeness (QED) is 0.810. The van der Waals surface area contributed by atoms with Gasteiger partial charge in [-0.05, 0) is 30.7 Å². The summed E-state index contributed by atoms with van der Waals surface area (Å²) in [5, 5.41) is 3.20. The number of rotatable bonds is 3. The van der Waals surface area contributed by atoms with E-state index in [2.05, 4.69) is 15.3 Å². The maximum atomic E-state index is 5.61.